The van der Waals surface area contributed by atoms with Crippen LogP contribution in [0.2, 0.25) is 0 Å². The van der Waals surface area contributed by atoms with Gasteiger partial charge in [-0.25, -0.2) is 8.42 Å². The quantitative estimate of drug-likeness (QED) is 0.632. The van der Waals surface area contributed by atoms with Gasteiger partial charge in [0.05, 0.1) is 11.4 Å². The van der Waals surface area contributed by atoms with Gasteiger partial charge in [0.15, 0.2) is 4.80 Å². The summed E-state index contributed by atoms with van der Waals surface area (Å²) in [6.07, 6.45) is 6.95. The number of hydrogen-bond donors (Lipinski definition) is 1. The van der Waals surface area contributed by atoms with E-state index in [1.165, 1.54) is 35.6 Å². The summed E-state index contributed by atoms with van der Waals surface area (Å²) in [5.41, 5.74) is 1.27. The second kappa shape index (κ2) is 8.80. The molecule has 0 saturated carbocycles. The molecule has 0 aliphatic carbocycles. The van der Waals surface area contributed by atoms with Crippen LogP contribution in [0.1, 0.15) is 15.9 Å². The maximum absolute atomic E-state index is 12.6. The number of sulfonamides is 1. The van der Waals surface area contributed by atoms with Crippen LogP contribution in [-0.2, 0) is 16.6 Å². The van der Waals surface area contributed by atoms with Gasteiger partial charge in [0, 0.05) is 23.7 Å². The average molecular weight is 412 g/mol. The molecule has 3 aromatic rings. The average Bonchev–Trinajstić information content (AvgIpc) is 3.14. The number of benzene rings is 2. The molecule has 28 heavy (non-hydrogen) atoms. The van der Waals surface area contributed by atoms with Crippen molar-refractivity contribution < 1.29 is 13.2 Å². The van der Waals surface area contributed by atoms with Gasteiger partial charge in [0.2, 0.25) is 10.0 Å². The standard InChI is InChI=1S/C20H17N3O3S2/c1-2-11-21-28(25,26)18-10-6-9-17(14-18)19(24)22-20-23(12-13-27-20)15-16-7-4-3-5-8-16/h1,3-10,12-14,21H,11,15H2. The fourth-order valence-corrected chi connectivity index (χ4v) is 4.16. The van der Waals surface area contributed by atoms with Crippen molar-refractivity contribution in [2.45, 2.75) is 11.4 Å². The highest BCUT2D eigenvalue weighted by Crippen LogP contribution is 2.12. The van der Waals surface area contributed by atoms with E-state index in [1.807, 2.05) is 46.5 Å². The Labute approximate surface area is 167 Å². The Morgan fingerprint density at radius 2 is 1.96 bits per heavy atom. The first kappa shape index (κ1) is 19.8. The number of aromatic nitrogens is 1. The maximum atomic E-state index is 12.6. The summed E-state index contributed by atoms with van der Waals surface area (Å²) in [6, 6.07) is 15.5. The molecule has 1 amide bonds. The summed E-state index contributed by atoms with van der Waals surface area (Å²) in [4.78, 5) is 17.3. The summed E-state index contributed by atoms with van der Waals surface area (Å²) < 4.78 is 28.5. The Hall–Kier alpha value is -2.99. The van der Waals surface area contributed by atoms with Gasteiger partial charge >= 0.3 is 0 Å². The van der Waals surface area contributed by atoms with Crippen molar-refractivity contribution >= 4 is 27.3 Å². The maximum Gasteiger partial charge on any atom is 0.279 e. The number of nitrogens with zero attached hydrogens (tertiary/aromatic N) is 2. The molecule has 0 atom stereocenters. The first-order valence-electron chi connectivity index (χ1n) is 8.30. The molecule has 142 valence electrons. The molecule has 3 rings (SSSR count). The van der Waals surface area contributed by atoms with E-state index >= 15 is 0 Å². The summed E-state index contributed by atoms with van der Waals surface area (Å²) >= 11 is 1.34. The molecule has 0 aliphatic rings. The fourth-order valence-electron chi connectivity index (χ4n) is 2.45. The third-order valence-electron chi connectivity index (χ3n) is 3.81. The van der Waals surface area contributed by atoms with Gasteiger partial charge in [-0.3, -0.25) is 4.79 Å². The van der Waals surface area contributed by atoms with Crippen LogP contribution in [0.15, 0.2) is 76.1 Å². The summed E-state index contributed by atoms with van der Waals surface area (Å²) in [5, 5.41) is 1.85. The summed E-state index contributed by atoms with van der Waals surface area (Å²) in [6.45, 7) is 0.459. The van der Waals surface area contributed by atoms with Crippen molar-refractivity contribution in [2.24, 2.45) is 4.99 Å². The second-order valence-electron chi connectivity index (χ2n) is 5.77. The minimum Gasteiger partial charge on any atom is -0.319 e. The van der Waals surface area contributed by atoms with Crippen LogP contribution >= 0.6 is 11.3 Å². The first-order chi connectivity index (χ1) is 13.5. The van der Waals surface area contributed by atoms with Crippen molar-refractivity contribution in [3.05, 3.63) is 82.1 Å². The van der Waals surface area contributed by atoms with E-state index in [4.69, 9.17) is 6.42 Å². The molecule has 1 N–H and O–H groups in total. The molecule has 0 fully saturated rings. The van der Waals surface area contributed by atoms with Crippen molar-refractivity contribution in [1.82, 2.24) is 9.29 Å². The van der Waals surface area contributed by atoms with Gasteiger partial charge in [-0.1, -0.05) is 42.3 Å². The van der Waals surface area contributed by atoms with Crippen LogP contribution in [-0.4, -0.2) is 25.4 Å². The predicted octanol–water partition coefficient (Wildman–Crippen LogP) is 2.25. The topological polar surface area (TPSA) is 80.5 Å². The highest BCUT2D eigenvalue weighted by molar-refractivity contribution is 7.89. The van der Waals surface area contributed by atoms with Crippen LogP contribution in [0.4, 0.5) is 0 Å². The molecule has 0 saturated heterocycles. The molecular formula is C20H17N3O3S2. The Morgan fingerprint density at radius 3 is 2.71 bits per heavy atom. The van der Waals surface area contributed by atoms with Crippen LogP contribution in [0.5, 0.6) is 0 Å². The lowest BCUT2D eigenvalue weighted by atomic mass is 10.2. The third kappa shape index (κ3) is 4.84. The molecule has 6 nitrogen and oxygen atoms in total. The third-order valence-corrected chi connectivity index (χ3v) is 6.00. The number of hydrogen-bond acceptors (Lipinski definition) is 4. The Bertz CT molecular complexity index is 1190. The SMILES string of the molecule is C#CCNS(=O)(=O)c1cccc(C(=O)N=c2sccn2Cc2ccccc2)c1. The van der Waals surface area contributed by atoms with Crippen LogP contribution in [0.25, 0.3) is 0 Å². The van der Waals surface area contributed by atoms with Gasteiger partial charge in [-0.05, 0) is 23.8 Å². The molecule has 2 aromatic carbocycles. The highest BCUT2D eigenvalue weighted by Gasteiger charge is 2.15. The molecule has 8 heteroatoms. The lowest BCUT2D eigenvalue weighted by Crippen LogP contribution is -2.24. The van der Waals surface area contributed by atoms with Crippen LogP contribution in [0.3, 0.4) is 0 Å². The van der Waals surface area contributed by atoms with Gasteiger partial charge < -0.3 is 4.57 Å². The molecule has 0 unspecified atom stereocenters. The monoisotopic (exact) mass is 411 g/mol. The Morgan fingerprint density at radius 1 is 1.18 bits per heavy atom. The van der Waals surface area contributed by atoms with Crippen LogP contribution < -0.4 is 9.52 Å². The van der Waals surface area contributed by atoms with E-state index in [-0.39, 0.29) is 17.0 Å². The van der Waals surface area contributed by atoms with Gasteiger partial charge in [0.1, 0.15) is 0 Å². The minimum atomic E-state index is -3.78. The number of nitrogens with one attached hydrogen (secondary N) is 1. The molecule has 0 bridgehead atoms. The summed E-state index contributed by atoms with van der Waals surface area (Å²) in [7, 11) is -3.78. The zero-order chi connectivity index (χ0) is 20.0. The molecule has 1 aromatic heterocycles. The van der Waals surface area contributed by atoms with E-state index in [9.17, 15) is 13.2 Å². The van der Waals surface area contributed by atoms with E-state index in [0.29, 0.717) is 11.3 Å². The Kier molecular flexibility index (Phi) is 6.21. The van der Waals surface area contributed by atoms with Gasteiger partial charge in [-0.15, -0.1) is 17.8 Å². The fraction of sp³-hybridized carbons (Fsp3) is 0.100. The van der Waals surface area contributed by atoms with Crippen molar-refractivity contribution in [3.8, 4) is 12.3 Å². The normalized spacial score (nSPS) is 11.9. The number of amides is 1. The van der Waals surface area contributed by atoms with Gasteiger partial charge in [0.25, 0.3) is 5.91 Å². The van der Waals surface area contributed by atoms with E-state index < -0.39 is 15.9 Å². The zero-order valence-corrected chi connectivity index (χ0v) is 16.4. The largest absolute Gasteiger partial charge is 0.319 e. The smallest absolute Gasteiger partial charge is 0.279 e. The lowest BCUT2D eigenvalue weighted by molar-refractivity contribution is 0.0997. The number of terminal acetylenes is 1. The van der Waals surface area contributed by atoms with Crippen molar-refractivity contribution in [1.29, 1.82) is 0 Å². The van der Waals surface area contributed by atoms with E-state index in [2.05, 4.69) is 15.6 Å². The van der Waals surface area contributed by atoms with Crippen LogP contribution in [0, 0.1) is 12.3 Å². The summed E-state index contributed by atoms with van der Waals surface area (Å²) in [5.74, 6) is 1.69. The zero-order valence-electron chi connectivity index (χ0n) is 14.8. The molecule has 0 aliphatic heterocycles. The number of thiazole rings is 1. The first-order valence-corrected chi connectivity index (χ1v) is 10.7. The van der Waals surface area contributed by atoms with E-state index in [0.717, 1.165) is 5.56 Å². The number of carbonyl (C=O) groups is 1. The molecule has 0 spiro atoms. The number of rotatable bonds is 6. The number of carbonyl (C=O) groups excluding carboxylic acids is 1. The molecular weight excluding hydrogens is 394 g/mol. The lowest BCUT2D eigenvalue weighted by Gasteiger charge is -2.05. The van der Waals surface area contributed by atoms with Crippen molar-refractivity contribution in [2.75, 3.05) is 6.54 Å². The predicted molar refractivity (Wildman–Crippen MR) is 108 cm³/mol. The van der Waals surface area contributed by atoms with Crippen molar-refractivity contribution in [3.63, 3.8) is 0 Å². The Balaban J connectivity index is 1.87. The molecule has 0 radical (unpaired) electrons. The van der Waals surface area contributed by atoms with Gasteiger partial charge in [-0.2, -0.15) is 9.71 Å². The second-order valence-corrected chi connectivity index (χ2v) is 8.41. The molecule has 1 heterocycles. The highest BCUT2D eigenvalue weighted by atomic mass is 32.2. The van der Waals surface area contributed by atoms with E-state index in [1.54, 1.807) is 0 Å². The minimum absolute atomic E-state index is 0.0351.